The van der Waals surface area contributed by atoms with Crippen molar-refractivity contribution in [1.82, 2.24) is 14.6 Å². The number of nitrogens with zero attached hydrogens (tertiary/aromatic N) is 3. The summed E-state index contributed by atoms with van der Waals surface area (Å²) in [7, 11) is 0. The summed E-state index contributed by atoms with van der Waals surface area (Å²) in [6.45, 7) is 3.84. The molecule has 17 heavy (non-hydrogen) atoms. The van der Waals surface area contributed by atoms with Gasteiger partial charge in [-0.1, -0.05) is 0 Å². The molecule has 0 spiro atoms. The molecule has 0 aliphatic carbocycles. The number of anilines is 1. The summed E-state index contributed by atoms with van der Waals surface area (Å²) in [5.41, 5.74) is 9.12. The fourth-order valence-electron chi connectivity index (χ4n) is 1.74. The summed E-state index contributed by atoms with van der Waals surface area (Å²) in [6.07, 6.45) is 1.66. The number of aromatic nitrogens is 3. The van der Waals surface area contributed by atoms with Gasteiger partial charge in [-0.2, -0.15) is 4.52 Å². The van der Waals surface area contributed by atoms with E-state index in [1.54, 1.807) is 10.7 Å². The smallest absolute Gasteiger partial charge is 0.246 e. The van der Waals surface area contributed by atoms with Gasteiger partial charge in [0.05, 0.1) is 6.20 Å². The van der Waals surface area contributed by atoms with Crippen LogP contribution in [0.3, 0.4) is 0 Å². The van der Waals surface area contributed by atoms with Crippen molar-refractivity contribution in [2.45, 2.75) is 13.8 Å². The molecule has 0 saturated heterocycles. The molecule has 3 aromatic rings. The summed E-state index contributed by atoms with van der Waals surface area (Å²) >= 11 is 0. The van der Waals surface area contributed by atoms with E-state index >= 15 is 0 Å². The molecule has 5 heteroatoms. The Morgan fingerprint density at radius 3 is 2.82 bits per heavy atom. The summed E-state index contributed by atoms with van der Waals surface area (Å²) in [5.74, 6) is 1.38. The van der Waals surface area contributed by atoms with Crippen LogP contribution in [-0.4, -0.2) is 14.6 Å². The van der Waals surface area contributed by atoms with Crippen molar-refractivity contribution >= 4 is 11.4 Å². The lowest BCUT2D eigenvalue weighted by Gasteiger charge is -2.00. The normalized spacial score (nSPS) is 11.2. The minimum Gasteiger partial charge on any atom is -0.417 e. The molecule has 0 aliphatic heterocycles. The molecule has 0 unspecified atom stereocenters. The monoisotopic (exact) mass is 228 g/mol. The Kier molecular flexibility index (Phi) is 1.95. The van der Waals surface area contributed by atoms with Crippen LogP contribution in [0.25, 0.3) is 17.2 Å². The number of nitrogens with two attached hydrogens (primary N) is 1. The third-order valence-corrected chi connectivity index (χ3v) is 2.79. The van der Waals surface area contributed by atoms with Crippen LogP contribution in [0, 0.1) is 13.8 Å². The van der Waals surface area contributed by atoms with E-state index < -0.39 is 0 Å². The lowest BCUT2D eigenvalue weighted by Crippen LogP contribution is -1.91. The van der Waals surface area contributed by atoms with Crippen LogP contribution >= 0.6 is 0 Å². The van der Waals surface area contributed by atoms with Gasteiger partial charge in [0.25, 0.3) is 0 Å². The molecule has 1 aromatic carbocycles. The second-order valence-electron chi connectivity index (χ2n) is 4.03. The summed E-state index contributed by atoms with van der Waals surface area (Å²) in [5, 5.41) is 4.36. The predicted octanol–water partition coefficient (Wildman–Crippen LogP) is 2.19. The number of nitrogen functional groups attached to an aromatic ring is 1. The summed E-state index contributed by atoms with van der Waals surface area (Å²) in [6, 6.07) is 5.72. The molecule has 0 bridgehead atoms. The Labute approximate surface area is 97.9 Å². The van der Waals surface area contributed by atoms with Crippen molar-refractivity contribution in [3.8, 4) is 11.5 Å². The number of rotatable bonds is 1. The van der Waals surface area contributed by atoms with E-state index in [0.29, 0.717) is 11.6 Å². The van der Waals surface area contributed by atoms with E-state index in [9.17, 15) is 0 Å². The highest BCUT2D eigenvalue weighted by Crippen LogP contribution is 2.23. The fraction of sp³-hybridized carbons (Fsp3) is 0.167. The highest BCUT2D eigenvalue weighted by Gasteiger charge is 2.11. The lowest BCUT2D eigenvalue weighted by atomic mass is 10.1. The van der Waals surface area contributed by atoms with Gasteiger partial charge in [0, 0.05) is 11.3 Å². The van der Waals surface area contributed by atoms with Crippen molar-refractivity contribution in [3.05, 3.63) is 35.8 Å². The first-order chi connectivity index (χ1) is 8.15. The van der Waals surface area contributed by atoms with Crippen molar-refractivity contribution in [2.75, 3.05) is 5.73 Å². The van der Waals surface area contributed by atoms with Crippen molar-refractivity contribution in [2.24, 2.45) is 0 Å². The quantitative estimate of drug-likeness (QED) is 0.648. The Morgan fingerprint density at radius 2 is 2.12 bits per heavy atom. The van der Waals surface area contributed by atoms with E-state index in [1.807, 2.05) is 32.0 Å². The second-order valence-corrected chi connectivity index (χ2v) is 4.03. The Balaban J connectivity index is 2.16. The van der Waals surface area contributed by atoms with Crippen LogP contribution in [-0.2, 0) is 0 Å². The molecule has 2 aromatic heterocycles. The Morgan fingerprint density at radius 1 is 1.29 bits per heavy atom. The van der Waals surface area contributed by atoms with Crippen LogP contribution in [0.5, 0.6) is 0 Å². The molecule has 0 fully saturated rings. The van der Waals surface area contributed by atoms with Crippen LogP contribution < -0.4 is 5.73 Å². The molecule has 3 rings (SSSR count). The molecule has 5 nitrogen and oxygen atoms in total. The van der Waals surface area contributed by atoms with Crippen molar-refractivity contribution in [3.63, 3.8) is 0 Å². The van der Waals surface area contributed by atoms with Gasteiger partial charge in [-0.15, -0.1) is 5.10 Å². The number of aryl methyl sites for hydroxylation is 2. The van der Waals surface area contributed by atoms with E-state index in [-0.39, 0.29) is 0 Å². The molecular formula is C12H12N4O. The number of imidazole rings is 1. The minimum atomic E-state index is 0.577. The lowest BCUT2D eigenvalue weighted by molar-refractivity contribution is 0.617. The molecule has 0 saturated carbocycles. The van der Waals surface area contributed by atoms with Crippen LogP contribution in [0.1, 0.15) is 11.4 Å². The number of fused-ring (bicyclic) bond motifs is 1. The molecule has 0 atom stereocenters. The third kappa shape index (κ3) is 1.47. The van der Waals surface area contributed by atoms with Gasteiger partial charge < -0.3 is 10.2 Å². The van der Waals surface area contributed by atoms with Gasteiger partial charge in [0.1, 0.15) is 5.82 Å². The average Bonchev–Trinajstić information content (AvgIpc) is 2.86. The van der Waals surface area contributed by atoms with Crippen molar-refractivity contribution in [1.29, 1.82) is 0 Å². The van der Waals surface area contributed by atoms with Gasteiger partial charge in [-0.05, 0) is 37.6 Å². The molecular weight excluding hydrogens is 216 g/mol. The first-order valence-electron chi connectivity index (χ1n) is 5.33. The third-order valence-electron chi connectivity index (χ3n) is 2.79. The minimum absolute atomic E-state index is 0.577. The van der Waals surface area contributed by atoms with E-state index in [0.717, 1.165) is 22.6 Å². The number of hydrogen-bond acceptors (Lipinski definition) is 4. The topological polar surface area (TPSA) is 69.3 Å². The molecule has 0 aliphatic rings. The number of hydrogen-bond donors (Lipinski definition) is 1. The van der Waals surface area contributed by atoms with Gasteiger partial charge in [-0.25, -0.2) is 4.98 Å². The highest BCUT2D eigenvalue weighted by atomic mass is 16.4. The standard InChI is InChI=1S/C12H12N4O/c1-7-5-9(3-4-10(7)13)12-15-16-8(2)14-6-11(16)17-12/h3-6H,13H2,1-2H3. The fourth-order valence-corrected chi connectivity index (χ4v) is 1.74. The molecule has 0 amide bonds. The van der Waals surface area contributed by atoms with Crippen LogP contribution in [0.15, 0.2) is 28.8 Å². The zero-order chi connectivity index (χ0) is 12.0. The summed E-state index contributed by atoms with van der Waals surface area (Å²) in [4.78, 5) is 4.11. The SMILES string of the molecule is Cc1cc(-c2nn3c(C)ncc3o2)ccc1N. The maximum atomic E-state index is 5.78. The Bertz CT molecular complexity index is 696. The molecule has 0 radical (unpaired) electrons. The maximum absolute atomic E-state index is 5.78. The van der Waals surface area contributed by atoms with E-state index in [4.69, 9.17) is 10.2 Å². The Hall–Kier alpha value is -2.30. The largest absolute Gasteiger partial charge is 0.417 e. The zero-order valence-corrected chi connectivity index (χ0v) is 9.64. The van der Waals surface area contributed by atoms with Gasteiger partial charge >= 0.3 is 0 Å². The van der Waals surface area contributed by atoms with Gasteiger partial charge in [-0.3, -0.25) is 0 Å². The number of benzene rings is 1. The van der Waals surface area contributed by atoms with Gasteiger partial charge in [0.2, 0.25) is 11.6 Å². The highest BCUT2D eigenvalue weighted by molar-refractivity contribution is 5.61. The zero-order valence-electron chi connectivity index (χ0n) is 9.64. The van der Waals surface area contributed by atoms with Gasteiger partial charge in [0.15, 0.2) is 0 Å². The van der Waals surface area contributed by atoms with E-state index in [1.165, 1.54) is 0 Å². The first kappa shape index (κ1) is 9.89. The first-order valence-corrected chi connectivity index (χ1v) is 5.33. The predicted molar refractivity (Wildman–Crippen MR) is 64.6 cm³/mol. The van der Waals surface area contributed by atoms with Crippen LogP contribution in [0.4, 0.5) is 5.69 Å². The second kappa shape index (κ2) is 3.35. The van der Waals surface area contributed by atoms with Crippen LogP contribution in [0.2, 0.25) is 0 Å². The van der Waals surface area contributed by atoms with Crippen molar-refractivity contribution < 1.29 is 4.42 Å². The molecule has 2 N–H and O–H groups in total. The summed E-state index contributed by atoms with van der Waals surface area (Å²) < 4.78 is 7.30. The van der Waals surface area contributed by atoms with E-state index in [2.05, 4.69) is 10.1 Å². The molecule has 2 heterocycles. The maximum Gasteiger partial charge on any atom is 0.246 e. The average molecular weight is 228 g/mol. The molecule has 86 valence electrons.